The van der Waals surface area contributed by atoms with Gasteiger partial charge in [-0.3, -0.25) is 4.85 Å². The van der Waals surface area contributed by atoms with Gasteiger partial charge < -0.3 is 9.83 Å². The number of para-hydroxylation sites is 1. The third-order valence-electron chi connectivity index (χ3n) is 4.38. The number of aliphatic imine (C=N–C) groups is 2. The lowest BCUT2D eigenvalue weighted by Gasteiger charge is -2.00. The highest BCUT2D eigenvalue weighted by molar-refractivity contribution is 6.12. The van der Waals surface area contributed by atoms with Crippen molar-refractivity contribution in [3.8, 4) is 0 Å². The van der Waals surface area contributed by atoms with E-state index in [9.17, 15) is 0 Å². The number of H-pyrrole nitrogens is 1. The molecule has 1 aromatic heterocycles. The van der Waals surface area contributed by atoms with Crippen molar-refractivity contribution in [3.63, 3.8) is 0 Å². The van der Waals surface area contributed by atoms with E-state index in [1.165, 1.54) is 0 Å². The summed E-state index contributed by atoms with van der Waals surface area (Å²) in [6.45, 7) is 14.8. The molecule has 0 saturated heterocycles. The maximum absolute atomic E-state index is 7.40. The zero-order valence-corrected chi connectivity index (χ0v) is 14.9. The second-order valence-corrected chi connectivity index (χ2v) is 6.16. The highest BCUT2D eigenvalue weighted by atomic mass is 15.1. The number of hydrogen-bond donors (Lipinski definition) is 1. The number of fused-ring (bicyclic) bond motifs is 1. The van der Waals surface area contributed by atoms with Crippen molar-refractivity contribution < 1.29 is 0 Å². The lowest BCUT2D eigenvalue weighted by Crippen LogP contribution is -2.12. The largest absolute Gasteiger partial charge is 0.371 e. The Morgan fingerprint density at radius 2 is 1.75 bits per heavy atom. The average Bonchev–Trinajstić information content (AvgIpc) is 3.07. The molecule has 132 valence electrons. The zero-order chi connectivity index (χ0) is 19.3. The van der Waals surface area contributed by atoms with E-state index in [4.69, 9.17) is 13.1 Å². The van der Waals surface area contributed by atoms with E-state index in [1.807, 2.05) is 79.0 Å². The molecule has 3 aromatic rings. The molecule has 1 N–H and O–H groups in total. The minimum atomic E-state index is -0.928. The van der Waals surface area contributed by atoms with E-state index in [0.717, 1.165) is 22.0 Å². The quantitative estimate of drug-likeness (QED) is 0.629. The average molecular weight is 361 g/mol. The minimum absolute atomic E-state index is 0.0794. The number of benzene rings is 2. The first-order valence-corrected chi connectivity index (χ1v) is 8.70. The first kappa shape index (κ1) is 17.2. The summed E-state index contributed by atoms with van der Waals surface area (Å²) in [6, 6.07) is 17.7. The number of hydrogen-bond acceptors (Lipinski definition) is 2. The molecule has 2 aromatic carbocycles. The van der Waals surface area contributed by atoms with E-state index in [0.29, 0.717) is 11.4 Å². The van der Waals surface area contributed by atoms with Crippen molar-refractivity contribution >= 4 is 28.5 Å². The zero-order valence-electron chi connectivity index (χ0n) is 14.9. The Kier molecular flexibility index (Phi) is 4.65. The molecule has 1 aliphatic rings. The number of aromatic amines is 1. The third kappa shape index (κ3) is 3.38. The van der Waals surface area contributed by atoms with E-state index < -0.39 is 6.17 Å². The standard InChI is InChI=1S/C23H15N5/c1-24-22-23(25-2)28-21(16-8-4-3-5-9-16)14-18(27-22)13-12-17-15-26-20-11-7-6-10-19(17)20/h3-15,23,26H. The van der Waals surface area contributed by atoms with Crippen LogP contribution in [0.2, 0.25) is 0 Å². The van der Waals surface area contributed by atoms with Crippen LogP contribution in [0.1, 0.15) is 11.1 Å². The molecule has 0 aliphatic carbocycles. The summed E-state index contributed by atoms with van der Waals surface area (Å²) in [4.78, 5) is 19.0. The Labute approximate surface area is 162 Å². The van der Waals surface area contributed by atoms with E-state index >= 15 is 0 Å². The maximum Gasteiger partial charge on any atom is 0.371 e. The Balaban J connectivity index is 1.77. The molecular formula is C23H15N5. The molecule has 1 aliphatic heterocycles. The van der Waals surface area contributed by atoms with Crippen LogP contribution in [0.4, 0.5) is 0 Å². The van der Waals surface area contributed by atoms with Crippen molar-refractivity contribution in [2.45, 2.75) is 6.17 Å². The highest BCUT2D eigenvalue weighted by Crippen LogP contribution is 2.21. The summed E-state index contributed by atoms with van der Waals surface area (Å²) in [5.74, 6) is 0.0794. The number of amidine groups is 1. The molecule has 0 saturated carbocycles. The molecule has 4 rings (SSSR count). The number of aromatic nitrogens is 1. The van der Waals surface area contributed by atoms with Gasteiger partial charge >= 0.3 is 12.0 Å². The summed E-state index contributed by atoms with van der Waals surface area (Å²) in [5, 5.41) is 1.11. The molecule has 0 bridgehead atoms. The van der Waals surface area contributed by atoms with Crippen LogP contribution in [0.25, 0.3) is 26.7 Å². The van der Waals surface area contributed by atoms with Gasteiger partial charge in [0.1, 0.15) is 0 Å². The molecule has 1 unspecified atom stereocenters. The number of nitrogens with zero attached hydrogens (tertiary/aromatic N) is 4. The molecule has 5 nitrogen and oxygen atoms in total. The Morgan fingerprint density at radius 1 is 0.964 bits per heavy atom. The normalized spacial score (nSPS) is 16.6. The monoisotopic (exact) mass is 361 g/mol. The van der Waals surface area contributed by atoms with Crippen molar-refractivity contribution in [1.82, 2.24) is 4.98 Å². The maximum atomic E-state index is 7.40. The summed E-state index contributed by atoms with van der Waals surface area (Å²) in [6.07, 6.45) is 6.63. The number of allylic oxidation sites excluding steroid dienone is 2. The minimum Gasteiger partial charge on any atom is -0.361 e. The molecular weight excluding hydrogens is 346 g/mol. The summed E-state index contributed by atoms with van der Waals surface area (Å²) in [7, 11) is 0. The smallest absolute Gasteiger partial charge is 0.361 e. The first-order chi connectivity index (χ1) is 13.8. The first-order valence-electron chi connectivity index (χ1n) is 8.70. The lowest BCUT2D eigenvalue weighted by atomic mass is 10.1. The fourth-order valence-corrected chi connectivity index (χ4v) is 3.02. The van der Waals surface area contributed by atoms with Crippen molar-refractivity contribution in [2.24, 2.45) is 9.98 Å². The van der Waals surface area contributed by atoms with Crippen LogP contribution in [0, 0.1) is 13.1 Å². The van der Waals surface area contributed by atoms with Gasteiger partial charge in [-0.15, -0.1) is 4.99 Å². The van der Waals surface area contributed by atoms with Crippen LogP contribution in [-0.4, -0.2) is 22.7 Å². The molecule has 0 fully saturated rings. The second-order valence-electron chi connectivity index (χ2n) is 6.16. The van der Waals surface area contributed by atoms with Gasteiger partial charge in [0.15, 0.2) is 5.70 Å². The van der Waals surface area contributed by atoms with Gasteiger partial charge in [-0.25, -0.2) is 11.6 Å². The van der Waals surface area contributed by atoms with Crippen molar-refractivity contribution in [2.75, 3.05) is 0 Å². The molecule has 28 heavy (non-hydrogen) atoms. The predicted octanol–water partition coefficient (Wildman–Crippen LogP) is 5.13. The van der Waals surface area contributed by atoms with Gasteiger partial charge in [0.2, 0.25) is 0 Å². The van der Waals surface area contributed by atoms with Crippen LogP contribution in [-0.2, 0) is 0 Å². The predicted molar refractivity (Wildman–Crippen MR) is 113 cm³/mol. The highest BCUT2D eigenvalue weighted by Gasteiger charge is 2.25. The molecule has 5 heteroatoms. The molecule has 0 amide bonds. The summed E-state index contributed by atoms with van der Waals surface area (Å²) in [5.41, 5.74) is 4.20. The van der Waals surface area contributed by atoms with Crippen LogP contribution in [0.3, 0.4) is 0 Å². The van der Waals surface area contributed by atoms with Gasteiger partial charge in [-0.1, -0.05) is 55.1 Å². The van der Waals surface area contributed by atoms with Gasteiger partial charge in [0.05, 0.1) is 5.71 Å². The van der Waals surface area contributed by atoms with E-state index in [1.54, 1.807) is 0 Å². The molecule has 1 atom stereocenters. The van der Waals surface area contributed by atoms with Crippen molar-refractivity contribution in [1.29, 1.82) is 0 Å². The molecule has 0 radical (unpaired) electrons. The Morgan fingerprint density at radius 3 is 2.54 bits per heavy atom. The Hall–Kier alpha value is -4.22. The number of nitrogens with one attached hydrogen (secondary N) is 1. The van der Waals surface area contributed by atoms with E-state index in [2.05, 4.69) is 24.7 Å². The second kappa shape index (κ2) is 7.57. The van der Waals surface area contributed by atoms with Crippen LogP contribution < -0.4 is 0 Å². The topological polar surface area (TPSA) is 49.2 Å². The SMILES string of the molecule is [C-]#[N+]C1=NC(C=Cc2c[nH]c3ccccc23)=CC(c2ccccc2)=NC1[N+]#[C-]. The van der Waals surface area contributed by atoms with Gasteiger partial charge in [-0.2, -0.15) is 0 Å². The molecule has 0 spiro atoms. The van der Waals surface area contributed by atoms with Crippen molar-refractivity contribution in [3.05, 3.63) is 113 Å². The van der Waals surface area contributed by atoms with Gasteiger partial charge in [0.25, 0.3) is 0 Å². The summed E-state index contributed by atoms with van der Waals surface area (Å²) < 4.78 is 0. The van der Waals surface area contributed by atoms with Crippen LogP contribution in [0.15, 0.2) is 88.6 Å². The Bertz CT molecular complexity index is 1230. The lowest BCUT2D eigenvalue weighted by molar-refractivity contribution is 1.08. The van der Waals surface area contributed by atoms with Gasteiger partial charge in [0, 0.05) is 28.7 Å². The fraction of sp³-hybridized carbons (Fsp3) is 0.0435. The fourth-order valence-electron chi connectivity index (χ4n) is 3.02. The van der Waals surface area contributed by atoms with Crippen LogP contribution in [0.5, 0.6) is 0 Å². The van der Waals surface area contributed by atoms with E-state index in [-0.39, 0.29) is 5.84 Å². The van der Waals surface area contributed by atoms with Gasteiger partial charge in [-0.05, 0) is 23.8 Å². The third-order valence-corrected chi connectivity index (χ3v) is 4.38. The summed E-state index contributed by atoms with van der Waals surface area (Å²) >= 11 is 0. The van der Waals surface area contributed by atoms with Crippen LogP contribution >= 0.6 is 0 Å². The molecule has 2 heterocycles. The number of rotatable bonds is 3.